The van der Waals surface area contributed by atoms with Gasteiger partial charge in [0.15, 0.2) is 0 Å². The van der Waals surface area contributed by atoms with Crippen molar-refractivity contribution in [3.05, 3.63) is 47.6 Å². The molecule has 13 atom stereocenters. The van der Waals surface area contributed by atoms with Crippen LogP contribution >= 0.6 is 0 Å². The summed E-state index contributed by atoms with van der Waals surface area (Å²) in [5, 5.41) is 0. The first-order chi connectivity index (χ1) is 20.6. The maximum atomic E-state index is 2.79. The first-order valence-electron chi connectivity index (χ1n) is 19.4. The Balaban J connectivity index is 1.16. The molecule has 13 unspecified atom stereocenters. The minimum atomic E-state index is 0.695. The van der Waals surface area contributed by atoms with Crippen molar-refractivity contribution >= 4 is 7.85 Å². The van der Waals surface area contributed by atoms with E-state index < -0.39 is 0 Å². The Morgan fingerprint density at radius 1 is 0.714 bits per heavy atom. The molecule has 0 aliphatic heterocycles. The molecule has 0 heterocycles. The van der Waals surface area contributed by atoms with Gasteiger partial charge in [0, 0.05) is 0 Å². The molecule has 0 N–H and O–H groups in total. The summed E-state index contributed by atoms with van der Waals surface area (Å²) in [6.45, 7) is 5.10. The molecular formula is C41H63B. The van der Waals surface area contributed by atoms with Gasteiger partial charge in [-0.3, -0.25) is 0 Å². The molecule has 0 saturated heterocycles. The number of fused-ring (bicyclic) bond motifs is 3. The second kappa shape index (κ2) is 13.2. The van der Waals surface area contributed by atoms with Crippen LogP contribution in [0.3, 0.4) is 0 Å². The highest BCUT2D eigenvalue weighted by molar-refractivity contribution is 6.11. The molecule has 3 fully saturated rings. The first kappa shape index (κ1) is 29.7. The van der Waals surface area contributed by atoms with Crippen LogP contribution in [0.15, 0.2) is 47.6 Å². The zero-order valence-corrected chi connectivity index (χ0v) is 27.7. The van der Waals surface area contributed by atoms with E-state index in [1.54, 1.807) is 0 Å². The molecule has 42 heavy (non-hydrogen) atoms. The third-order valence-corrected chi connectivity index (χ3v) is 14.5. The van der Waals surface area contributed by atoms with E-state index in [-0.39, 0.29) is 0 Å². The Bertz CT molecular complexity index is 1050. The van der Waals surface area contributed by atoms with Gasteiger partial charge in [0.05, 0.1) is 0 Å². The Labute approximate surface area is 261 Å². The van der Waals surface area contributed by atoms with E-state index in [1.165, 1.54) is 116 Å². The molecule has 7 aliphatic rings. The number of allylic oxidation sites excluding steroid dienone is 8. The third-order valence-electron chi connectivity index (χ3n) is 14.5. The van der Waals surface area contributed by atoms with Gasteiger partial charge in [-0.25, -0.2) is 0 Å². The molecule has 1 heteroatoms. The fourth-order valence-electron chi connectivity index (χ4n) is 12.4. The highest BCUT2D eigenvalue weighted by Crippen LogP contribution is 2.59. The van der Waals surface area contributed by atoms with E-state index in [0.29, 0.717) is 5.92 Å². The molecule has 0 aromatic carbocycles. The maximum Gasteiger partial charge on any atom is 0.105 e. The van der Waals surface area contributed by atoms with E-state index >= 15 is 0 Å². The zero-order valence-electron chi connectivity index (χ0n) is 27.7. The van der Waals surface area contributed by atoms with Gasteiger partial charge in [-0.05, 0) is 142 Å². The molecular weight excluding hydrogens is 503 g/mol. The topological polar surface area (TPSA) is 0 Å². The van der Waals surface area contributed by atoms with Crippen LogP contribution in [0.5, 0.6) is 0 Å². The Morgan fingerprint density at radius 3 is 2.12 bits per heavy atom. The van der Waals surface area contributed by atoms with E-state index in [2.05, 4.69) is 58.1 Å². The van der Waals surface area contributed by atoms with Crippen LogP contribution in [-0.2, 0) is 0 Å². The molecule has 0 aromatic heterocycles. The minimum absolute atomic E-state index is 0.695. The summed E-state index contributed by atoms with van der Waals surface area (Å²) in [5.41, 5.74) is 4.00. The first-order valence-corrected chi connectivity index (χ1v) is 19.4. The van der Waals surface area contributed by atoms with Crippen molar-refractivity contribution in [1.29, 1.82) is 0 Å². The van der Waals surface area contributed by atoms with Gasteiger partial charge >= 0.3 is 0 Å². The van der Waals surface area contributed by atoms with Crippen molar-refractivity contribution in [2.75, 3.05) is 0 Å². The summed E-state index contributed by atoms with van der Waals surface area (Å²) in [6.07, 6.45) is 42.7. The van der Waals surface area contributed by atoms with Gasteiger partial charge in [-0.15, -0.1) is 0 Å². The van der Waals surface area contributed by atoms with E-state index in [0.717, 1.165) is 70.9 Å². The monoisotopic (exact) mass is 567 g/mol. The van der Waals surface area contributed by atoms with Crippen molar-refractivity contribution in [1.82, 2.24) is 0 Å². The van der Waals surface area contributed by atoms with Gasteiger partial charge < -0.3 is 0 Å². The molecule has 7 aliphatic carbocycles. The molecule has 7 rings (SSSR count). The lowest BCUT2D eigenvalue weighted by Gasteiger charge is -2.54. The Hall–Kier alpha value is -0.975. The Morgan fingerprint density at radius 2 is 1.36 bits per heavy atom. The van der Waals surface area contributed by atoms with E-state index in [9.17, 15) is 0 Å². The van der Waals surface area contributed by atoms with Crippen LogP contribution in [-0.4, -0.2) is 7.85 Å². The average molecular weight is 567 g/mol. The van der Waals surface area contributed by atoms with Gasteiger partial charge in [-0.2, -0.15) is 0 Å². The second-order valence-corrected chi connectivity index (χ2v) is 16.9. The number of hydrogen-bond acceptors (Lipinski definition) is 0. The van der Waals surface area contributed by atoms with Crippen LogP contribution in [0.2, 0.25) is 5.82 Å². The highest BCUT2D eigenvalue weighted by Gasteiger charge is 2.49. The SMILES string of the molecule is BC1CCC2=C(C1)C(C(C)/C=C\C(CC)C1C=CC3CCCCC3C1)C1CCCCC1C2C1C=CC2CCCCC2C1. The fraction of sp³-hybridized carbons (Fsp3) is 0.805. The van der Waals surface area contributed by atoms with Crippen molar-refractivity contribution in [2.24, 2.45) is 71.0 Å². The van der Waals surface area contributed by atoms with Crippen LogP contribution < -0.4 is 0 Å². The zero-order chi connectivity index (χ0) is 28.6. The number of hydrogen-bond donors (Lipinski definition) is 0. The van der Waals surface area contributed by atoms with Crippen molar-refractivity contribution in [3.8, 4) is 0 Å². The third kappa shape index (κ3) is 5.87. The average Bonchev–Trinajstić information content (AvgIpc) is 3.03. The smallest absolute Gasteiger partial charge is 0.0848 e. The molecule has 0 bridgehead atoms. The maximum absolute atomic E-state index is 2.79. The normalized spacial score (nSPS) is 45.0. The van der Waals surface area contributed by atoms with Gasteiger partial charge in [0.2, 0.25) is 0 Å². The molecule has 3 saturated carbocycles. The van der Waals surface area contributed by atoms with E-state index in [1.807, 2.05) is 11.1 Å². The molecule has 0 spiro atoms. The number of rotatable bonds is 6. The van der Waals surface area contributed by atoms with Crippen LogP contribution in [0.25, 0.3) is 0 Å². The van der Waals surface area contributed by atoms with Gasteiger partial charge in [0.1, 0.15) is 7.85 Å². The lowest BCUT2D eigenvalue weighted by atomic mass is 9.50. The summed E-state index contributed by atoms with van der Waals surface area (Å²) < 4.78 is 0. The summed E-state index contributed by atoms with van der Waals surface area (Å²) >= 11 is 0. The van der Waals surface area contributed by atoms with Crippen molar-refractivity contribution in [3.63, 3.8) is 0 Å². The largest absolute Gasteiger partial charge is 0.105 e. The molecule has 0 radical (unpaired) electrons. The molecule has 230 valence electrons. The standard InChI is InChI=1S/C41H63B/c1-3-28(33-20-18-29-10-4-6-12-31(29)24-33)17-16-27(2)40-36-14-8-9-15-37(36)41(38-23-22-35(42)26-39(38)40)34-21-19-30-11-5-7-13-32(30)25-34/h16-21,27-37,40-41H,3-15,22-26,42H2,1-2H3/b17-16-. The predicted octanol–water partition coefficient (Wildman–Crippen LogP) is 10.9. The highest BCUT2D eigenvalue weighted by atomic mass is 14.5. The summed E-state index contributed by atoms with van der Waals surface area (Å²) in [4.78, 5) is 0. The molecule has 0 aromatic rings. The Kier molecular flexibility index (Phi) is 9.32. The second-order valence-electron chi connectivity index (χ2n) is 16.9. The van der Waals surface area contributed by atoms with Gasteiger partial charge in [0.25, 0.3) is 0 Å². The quantitative estimate of drug-likeness (QED) is 0.222. The van der Waals surface area contributed by atoms with Crippen molar-refractivity contribution in [2.45, 2.75) is 135 Å². The minimum Gasteiger partial charge on any atom is -0.0848 e. The van der Waals surface area contributed by atoms with Crippen LogP contribution in [0, 0.1) is 71.0 Å². The lowest BCUT2D eigenvalue weighted by molar-refractivity contribution is 0.0611. The van der Waals surface area contributed by atoms with Crippen LogP contribution in [0.4, 0.5) is 0 Å². The lowest BCUT2D eigenvalue weighted by Crippen LogP contribution is -2.45. The van der Waals surface area contributed by atoms with E-state index in [4.69, 9.17) is 0 Å². The molecule has 0 nitrogen and oxygen atoms in total. The predicted molar refractivity (Wildman–Crippen MR) is 183 cm³/mol. The van der Waals surface area contributed by atoms with Crippen molar-refractivity contribution < 1.29 is 0 Å². The fourth-order valence-corrected chi connectivity index (χ4v) is 12.4. The summed E-state index contributed by atoms with van der Waals surface area (Å²) in [5.74, 6) is 11.3. The summed E-state index contributed by atoms with van der Waals surface area (Å²) in [7, 11) is 2.57. The summed E-state index contributed by atoms with van der Waals surface area (Å²) in [6, 6.07) is 0. The molecule has 0 amide bonds. The van der Waals surface area contributed by atoms with Crippen LogP contribution in [0.1, 0.15) is 129 Å². The van der Waals surface area contributed by atoms with Gasteiger partial charge in [-0.1, -0.05) is 112 Å².